The fourth-order valence-electron chi connectivity index (χ4n) is 4.03. The number of rotatable bonds is 1. The first-order valence-corrected chi connectivity index (χ1v) is 7.33. The molecule has 0 amide bonds. The maximum atomic E-state index is 6.24. The molecule has 1 saturated heterocycles. The Morgan fingerprint density at radius 1 is 1.32 bits per heavy atom. The van der Waals surface area contributed by atoms with Crippen molar-refractivity contribution in [1.82, 2.24) is 0 Å². The van der Waals surface area contributed by atoms with Gasteiger partial charge in [-0.05, 0) is 30.7 Å². The largest absolute Gasteiger partial charge is 0.372 e. The van der Waals surface area contributed by atoms with E-state index < -0.39 is 0 Å². The van der Waals surface area contributed by atoms with Crippen LogP contribution in [0.2, 0.25) is 0 Å². The van der Waals surface area contributed by atoms with Crippen molar-refractivity contribution in [3.8, 4) is 0 Å². The molecule has 2 bridgehead atoms. The molecular formula is C17H24NO+. The van der Waals surface area contributed by atoms with Gasteiger partial charge in [-0.15, -0.1) is 0 Å². The average Bonchev–Trinajstić information content (AvgIpc) is 2.35. The third-order valence-corrected chi connectivity index (χ3v) is 5.05. The molecule has 1 aliphatic carbocycles. The van der Waals surface area contributed by atoms with Gasteiger partial charge < -0.3 is 4.74 Å². The van der Waals surface area contributed by atoms with Gasteiger partial charge in [0.15, 0.2) is 12.4 Å². The topological polar surface area (TPSA) is 13.1 Å². The lowest BCUT2D eigenvalue weighted by Gasteiger charge is -2.47. The third-order valence-electron chi connectivity index (χ3n) is 5.05. The Hall–Kier alpha value is -1.15. The van der Waals surface area contributed by atoms with Crippen LogP contribution in [0.3, 0.4) is 0 Å². The fraction of sp³-hybridized carbons (Fsp3) is 0.588. The van der Waals surface area contributed by atoms with Crippen molar-refractivity contribution in [1.29, 1.82) is 0 Å². The second kappa shape index (κ2) is 4.75. The first kappa shape index (κ1) is 12.9. The van der Waals surface area contributed by atoms with Gasteiger partial charge in [-0.3, -0.25) is 0 Å². The summed E-state index contributed by atoms with van der Waals surface area (Å²) < 4.78 is 8.35. The predicted octanol–water partition coefficient (Wildman–Crippen LogP) is 3.05. The van der Waals surface area contributed by atoms with E-state index in [1.165, 1.54) is 11.1 Å². The number of hydrogen-bond acceptors (Lipinski definition) is 1. The molecule has 19 heavy (non-hydrogen) atoms. The Bertz CT molecular complexity index is 508. The molecule has 0 radical (unpaired) electrons. The number of aromatic nitrogens is 1. The Morgan fingerprint density at radius 3 is 2.84 bits per heavy atom. The van der Waals surface area contributed by atoms with E-state index in [2.05, 4.69) is 63.0 Å². The van der Waals surface area contributed by atoms with Crippen molar-refractivity contribution in [3.05, 3.63) is 41.7 Å². The van der Waals surface area contributed by atoms with Gasteiger partial charge in [-0.1, -0.05) is 25.5 Å². The van der Waals surface area contributed by atoms with Crippen molar-refractivity contribution >= 4 is 0 Å². The lowest BCUT2D eigenvalue weighted by atomic mass is 9.65. The van der Waals surface area contributed by atoms with E-state index >= 15 is 0 Å². The second-order valence-electron chi connectivity index (χ2n) is 6.38. The molecule has 1 aliphatic heterocycles. The molecule has 3 rings (SSSR count). The minimum Gasteiger partial charge on any atom is -0.372 e. The third kappa shape index (κ3) is 2.12. The number of hydrogen-bond donors (Lipinski definition) is 0. The monoisotopic (exact) mass is 258 g/mol. The van der Waals surface area contributed by atoms with Crippen molar-refractivity contribution in [2.24, 2.45) is 30.7 Å². The zero-order valence-corrected chi connectivity index (χ0v) is 12.3. The lowest BCUT2D eigenvalue weighted by molar-refractivity contribution is -0.672. The van der Waals surface area contributed by atoms with Crippen LogP contribution in [0.1, 0.15) is 32.4 Å². The summed E-state index contributed by atoms with van der Waals surface area (Å²) in [5.74, 6) is 2.59. The van der Waals surface area contributed by atoms with Crippen molar-refractivity contribution < 1.29 is 9.30 Å². The van der Waals surface area contributed by atoms with Gasteiger partial charge in [0.05, 0.1) is 12.7 Å². The van der Waals surface area contributed by atoms with E-state index in [0.717, 1.165) is 6.61 Å². The van der Waals surface area contributed by atoms with Crippen LogP contribution in [0.5, 0.6) is 0 Å². The zero-order valence-electron chi connectivity index (χ0n) is 12.3. The highest BCUT2D eigenvalue weighted by molar-refractivity contribution is 5.22. The quantitative estimate of drug-likeness (QED) is 0.557. The summed E-state index contributed by atoms with van der Waals surface area (Å²) in [5.41, 5.74) is 2.81. The number of allylic oxidation sites excluding steroid dienone is 1. The molecule has 0 saturated carbocycles. The van der Waals surface area contributed by atoms with Crippen LogP contribution < -0.4 is 4.57 Å². The molecule has 1 aromatic rings. The Balaban J connectivity index is 1.98. The van der Waals surface area contributed by atoms with Gasteiger partial charge >= 0.3 is 0 Å². The lowest BCUT2D eigenvalue weighted by Crippen LogP contribution is -2.43. The van der Waals surface area contributed by atoms with E-state index in [1.807, 2.05) is 0 Å². The maximum absolute atomic E-state index is 6.24. The molecule has 102 valence electrons. The summed E-state index contributed by atoms with van der Waals surface area (Å²) >= 11 is 0. The molecule has 0 unspecified atom stereocenters. The van der Waals surface area contributed by atoms with Gasteiger partial charge in [-0.2, -0.15) is 0 Å². The highest BCUT2D eigenvalue weighted by atomic mass is 16.5. The normalized spacial score (nSPS) is 37.9. The van der Waals surface area contributed by atoms with Gasteiger partial charge in [0.25, 0.3) is 0 Å². The molecule has 2 nitrogen and oxygen atoms in total. The van der Waals surface area contributed by atoms with E-state index in [0.29, 0.717) is 23.7 Å². The molecule has 2 heteroatoms. The predicted molar refractivity (Wildman–Crippen MR) is 75.4 cm³/mol. The van der Waals surface area contributed by atoms with Crippen molar-refractivity contribution in [2.45, 2.75) is 26.9 Å². The molecule has 1 fully saturated rings. The molecule has 0 aromatic carbocycles. The van der Waals surface area contributed by atoms with Gasteiger partial charge in [-0.25, -0.2) is 4.57 Å². The van der Waals surface area contributed by atoms with Crippen LogP contribution in [-0.2, 0) is 11.8 Å². The van der Waals surface area contributed by atoms with Gasteiger partial charge in [0.1, 0.15) is 7.05 Å². The highest BCUT2D eigenvalue weighted by Crippen LogP contribution is 2.49. The smallest absolute Gasteiger partial charge is 0.174 e. The van der Waals surface area contributed by atoms with Crippen LogP contribution in [0.25, 0.3) is 0 Å². The minimum atomic E-state index is 0.224. The summed E-state index contributed by atoms with van der Waals surface area (Å²) in [6.45, 7) is 7.90. The van der Waals surface area contributed by atoms with Crippen LogP contribution in [-0.4, -0.2) is 6.61 Å². The van der Waals surface area contributed by atoms with Crippen LogP contribution >= 0.6 is 0 Å². The maximum Gasteiger partial charge on any atom is 0.174 e. The first-order chi connectivity index (χ1) is 9.08. The van der Waals surface area contributed by atoms with Gasteiger partial charge in [0.2, 0.25) is 0 Å². The molecule has 1 aromatic heterocycles. The van der Waals surface area contributed by atoms with Gasteiger partial charge in [0, 0.05) is 17.5 Å². The zero-order chi connectivity index (χ0) is 13.6. The number of fused-ring (bicyclic) bond motifs is 2. The summed E-state index contributed by atoms with van der Waals surface area (Å²) in [6, 6.07) is 4.31. The number of nitrogens with zero attached hydrogens (tertiary/aromatic N) is 1. The minimum absolute atomic E-state index is 0.224. The summed E-state index contributed by atoms with van der Waals surface area (Å²) in [6.07, 6.45) is 6.96. The Morgan fingerprint density at radius 2 is 2.11 bits per heavy atom. The molecule has 5 atom stereocenters. The fourth-order valence-corrected chi connectivity index (χ4v) is 4.03. The van der Waals surface area contributed by atoms with Crippen LogP contribution in [0, 0.1) is 23.7 Å². The summed E-state index contributed by atoms with van der Waals surface area (Å²) in [5, 5.41) is 0. The Labute approximate surface area is 116 Å². The van der Waals surface area contributed by atoms with E-state index in [4.69, 9.17) is 4.74 Å². The van der Waals surface area contributed by atoms with Crippen LogP contribution in [0.15, 0.2) is 36.2 Å². The van der Waals surface area contributed by atoms with E-state index in [9.17, 15) is 0 Å². The number of ether oxygens (including phenoxy) is 1. The van der Waals surface area contributed by atoms with E-state index in [1.54, 1.807) is 0 Å². The standard InChI is InChI=1S/C17H24NO/c1-11-8-12(2)16-13(3)15(11)10-19-17(16)14-6-5-7-18(4)9-14/h5-9,11,13,15-17H,10H2,1-4H3/q+1/t11-,13+,15-,16+,17-/m1/s1. The molecule has 0 spiro atoms. The summed E-state index contributed by atoms with van der Waals surface area (Å²) in [4.78, 5) is 0. The van der Waals surface area contributed by atoms with Crippen molar-refractivity contribution in [2.75, 3.05) is 6.61 Å². The van der Waals surface area contributed by atoms with E-state index in [-0.39, 0.29) is 6.10 Å². The average molecular weight is 258 g/mol. The van der Waals surface area contributed by atoms with Crippen molar-refractivity contribution in [3.63, 3.8) is 0 Å². The molecule has 2 aliphatic rings. The first-order valence-electron chi connectivity index (χ1n) is 7.33. The molecule has 0 N–H and O–H groups in total. The molecule has 2 heterocycles. The number of aryl methyl sites for hydroxylation is 1. The Kier molecular flexibility index (Phi) is 3.22. The second-order valence-corrected chi connectivity index (χ2v) is 6.38. The molecular weight excluding hydrogens is 234 g/mol. The SMILES string of the molecule is CC1=C[C@@H](C)[C@H]2CO[C@H](c3ccc[n+](C)c3)[C@@H]1[C@H]2C. The number of pyridine rings is 1. The highest BCUT2D eigenvalue weighted by Gasteiger charge is 2.44. The summed E-state index contributed by atoms with van der Waals surface area (Å²) in [7, 11) is 2.07. The van der Waals surface area contributed by atoms with Crippen LogP contribution in [0.4, 0.5) is 0 Å².